The smallest absolute Gasteiger partial charge is 0.331 e. The third-order valence-electron chi connectivity index (χ3n) is 4.34. The fourth-order valence-electron chi connectivity index (χ4n) is 2.54. The maximum Gasteiger partial charge on any atom is 0.331 e. The van der Waals surface area contributed by atoms with Crippen molar-refractivity contribution >= 4 is 18.0 Å². The van der Waals surface area contributed by atoms with Crippen LogP contribution in [0.5, 0.6) is 5.75 Å². The first-order valence-corrected chi connectivity index (χ1v) is 8.85. The summed E-state index contributed by atoms with van der Waals surface area (Å²) in [6, 6.07) is 10.1. The molecule has 0 aliphatic rings. The van der Waals surface area contributed by atoms with Gasteiger partial charge in [0.25, 0.3) is 5.91 Å². The highest BCUT2D eigenvalue weighted by atomic mass is 19.1. The van der Waals surface area contributed by atoms with Crippen LogP contribution in [0.4, 0.5) is 4.39 Å². The van der Waals surface area contributed by atoms with Gasteiger partial charge in [-0.05, 0) is 61.2 Å². The van der Waals surface area contributed by atoms with Crippen molar-refractivity contribution in [1.82, 2.24) is 5.32 Å². The fraction of sp³-hybridized carbons (Fsp3) is 0.273. The second-order valence-electron chi connectivity index (χ2n) is 6.47. The molecule has 148 valence electrons. The van der Waals surface area contributed by atoms with E-state index in [2.05, 4.69) is 5.32 Å². The maximum absolute atomic E-state index is 13.6. The van der Waals surface area contributed by atoms with Crippen LogP contribution in [-0.4, -0.2) is 25.6 Å². The Morgan fingerprint density at radius 1 is 1.14 bits per heavy atom. The van der Waals surface area contributed by atoms with Crippen LogP contribution in [0.2, 0.25) is 0 Å². The molecule has 0 radical (unpaired) electrons. The van der Waals surface area contributed by atoms with Crippen LogP contribution in [-0.2, 0) is 14.3 Å². The van der Waals surface area contributed by atoms with Gasteiger partial charge in [-0.25, -0.2) is 9.18 Å². The van der Waals surface area contributed by atoms with E-state index >= 15 is 0 Å². The lowest BCUT2D eigenvalue weighted by Crippen LogP contribution is -2.31. The molecule has 0 heterocycles. The molecule has 6 heteroatoms. The first kappa shape index (κ1) is 21.2. The monoisotopic (exact) mass is 385 g/mol. The molecule has 2 aromatic carbocycles. The topological polar surface area (TPSA) is 64.6 Å². The van der Waals surface area contributed by atoms with E-state index in [9.17, 15) is 14.0 Å². The van der Waals surface area contributed by atoms with Crippen molar-refractivity contribution in [2.45, 2.75) is 26.8 Å². The maximum atomic E-state index is 13.6. The summed E-state index contributed by atoms with van der Waals surface area (Å²) in [5.74, 6) is -1.50. The van der Waals surface area contributed by atoms with Gasteiger partial charge in [-0.1, -0.05) is 24.3 Å². The molecule has 1 atom stereocenters. The first-order valence-electron chi connectivity index (χ1n) is 8.85. The van der Waals surface area contributed by atoms with Gasteiger partial charge in [-0.15, -0.1) is 0 Å². The zero-order chi connectivity index (χ0) is 20.7. The van der Waals surface area contributed by atoms with E-state index in [1.807, 2.05) is 39.0 Å². The number of carbonyl (C=O) groups excluding carboxylic acids is 2. The summed E-state index contributed by atoms with van der Waals surface area (Å²) in [7, 11) is 1.37. The van der Waals surface area contributed by atoms with Gasteiger partial charge in [-0.2, -0.15) is 0 Å². The number of methoxy groups -OCH3 is 1. The first-order chi connectivity index (χ1) is 13.3. The predicted octanol–water partition coefficient (Wildman–Crippen LogP) is 3.88. The highest BCUT2D eigenvalue weighted by molar-refractivity contribution is 5.89. The van der Waals surface area contributed by atoms with E-state index < -0.39 is 24.3 Å². The lowest BCUT2D eigenvalue weighted by Gasteiger charge is -2.15. The highest BCUT2D eigenvalue weighted by Gasteiger charge is 2.12. The molecule has 2 aromatic rings. The van der Waals surface area contributed by atoms with Crippen molar-refractivity contribution in [1.29, 1.82) is 0 Å². The predicted molar refractivity (Wildman–Crippen MR) is 105 cm³/mol. The molecular formula is C22H24FNO4. The summed E-state index contributed by atoms with van der Waals surface area (Å²) in [6.45, 7) is 5.50. The van der Waals surface area contributed by atoms with Gasteiger partial charge in [0.05, 0.1) is 13.2 Å². The summed E-state index contributed by atoms with van der Waals surface area (Å²) in [5, 5.41) is 2.79. The molecule has 1 N–H and O–H groups in total. The number of halogens is 1. The Bertz CT molecular complexity index is 892. The molecule has 0 aliphatic heterocycles. The molecule has 0 aromatic heterocycles. The second-order valence-corrected chi connectivity index (χ2v) is 6.47. The summed E-state index contributed by atoms with van der Waals surface area (Å²) < 4.78 is 23.4. The lowest BCUT2D eigenvalue weighted by atomic mass is 10.0. The number of carbonyl (C=O) groups is 2. The normalized spacial score (nSPS) is 11.9. The molecule has 5 nitrogen and oxygen atoms in total. The van der Waals surface area contributed by atoms with Crippen LogP contribution in [0.3, 0.4) is 0 Å². The number of hydrogen-bond acceptors (Lipinski definition) is 4. The Kier molecular flexibility index (Phi) is 7.32. The van der Waals surface area contributed by atoms with E-state index in [1.54, 1.807) is 6.07 Å². The van der Waals surface area contributed by atoms with Crippen molar-refractivity contribution in [3.8, 4) is 5.75 Å². The number of ether oxygens (including phenoxy) is 2. The minimum absolute atomic E-state index is 0.120. The summed E-state index contributed by atoms with van der Waals surface area (Å²) in [6.07, 6.45) is 2.54. The molecule has 0 saturated heterocycles. The minimum Gasteiger partial charge on any atom is -0.494 e. The van der Waals surface area contributed by atoms with Gasteiger partial charge in [0, 0.05) is 6.08 Å². The Morgan fingerprint density at radius 2 is 1.89 bits per heavy atom. The van der Waals surface area contributed by atoms with Gasteiger partial charge in [-0.3, -0.25) is 4.79 Å². The van der Waals surface area contributed by atoms with Gasteiger partial charge in [0.15, 0.2) is 18.2 Å². The Morgan fingerprint density at radius 3 is 2.54 bits per heavy atom. The van der Waals surface area contributed by atoms with E-state index in [0.717, 1.165) is 17.2 Å². The van der Waals surface area contributed by atoms with Crippen molar-refractivity contribution in [3.63, 3.8) is 0 Å². The number of rotatable bonds is 7. The van der Waals surface area contributed by atoms with E-state index in [-0.39, 0.29) is 11.8 Å². The molecule has 0 bridgehead atoms. The van der Waals surface area contributed by atoms with Gasteiger partial charge in [0.2, 0.25) is 0 Å². The number of aryl methyl sites for hydroxylation is 2. The molecule has 2 rings (SSSR count). The van der Waals surface area contributed by atoms with Crippen LogP contribution < -0.4 is 10.1 Å². The molecule has 0 spiro atoms. The van der Waals surface area contributed by atoms with Gasteiger partial charge >= 0.3 is 5.97 Å². The molecule has 28 heavy (non-hydrogen) atoms. The van der Waals surface area contributed by atoms with E-state index in [0.29, 0.717) is 5.56 Å². The lowest BCUT2D eigenvalue weighted by molar-refractivity contribution is -0.144. The quantitative estimate of drug-likeness (QED) is 0.580. The molecule has 1 amide bonds. The molecule has 0 aliphatic carbocycles. The minimum atomic E-state index is -0.690. The zero-order valence-electron chi connectivity index (χ0n) is 16.4. The molecule has 0 unspecified atom stereocenters. The fourth-order valence-corrected chi connectivity index (χ4v) is 2.54. The van der Waals surface area contributed by atoms with E-state index in [1.165, 1.54) is 30.9 Å². The third-order valence-corrected chi connectivity index (χ3v) is 4.34. The number of hydrogen-bond donors (Lipinski definition) is 1. The van der Waals surface area contributed by atoms with Crippen molar-refractivity contribution < 1.29 is 23.5 Å². The number of esters is 1. The number of nitrogens with one attached hydrogen (secondary N) is 1. The van der Waals surface area contributed by atoms with Gasteiger partial charge in [0.1, 0.15) is 0 Å². The molecule has 0 fully saturated rings. The third kappa shape index (κ3) is 5.94. The molecular weight excluding hydrogens is 361 g/mol. The average molecular weight is 385 g/mol. The summed E-state index contributed by atoms with van der Waals surface area (Å²) in [4.78, 5) is 23.8. The van der Waals surface area contributed by atoms with Crippen LogP contribution in [0.1, 0.15) is 35.2 Å². The SMILES string of the molecule is COc1ccc(/C=C/C(=O)OCC(=O)N[C@@H](C)c2ccc(C)c(C)c2)cc1F. The van der Waals surface area contributed by atoms with Crippen molar-refractivity contribution in [3.05, 3.63) is 70.5 Å². The van der Waals surface area contributed by atoms with Gasteiger partial charge < -0.3 is 14.8 Å². The average Bonchev–Trinajstić information content (AvgIpc) is 2.66. The van der Waals surface area contributed by atoms with E-state index in [4.69, 9.17) is 9.47 Å². The van der Waals surface area contributed by atoms with Crippen LogP contribution in [0, 0.1) is 19.7 Å². The summed E-state index contributed by atoms with van der Waals surface area (Å²) in [5.41, 5.74) is 3.78. The van der Waals surface area contributed by atoms with Crippen LogP contribution in [0.25, 0.3) is 6.08 Å². The Hall–Kier alpha value is -3.15. The van der Waals surface area contributed by atoms with Crippen LogP contribution in [0.15, 0.2) is 42.5 Å². The highest BCUT2D eigenvalue weighted by Crippen LogP contribution is 2.18. The molecule has 0 saturated carbocycles. The Balaban J connectivity index is 1.83. The number of benzene rings is 2. The Labute approximate surface area is 164 Å². The van der Waals surface area contributed by atoms with Crippen LogP contribution >= 0.6 is 0 Å². The van der Waals surface area contributed by atoms with Crippen molar-refractivity contribution in [2.24, 2.45) is 0 Å². The largest absolute Gasteiger partial charge is 0.494 e. The van der Waals surface area contributed by atoms with Crippen molar-refractivity contribution in [2.75, 3.05) is 13.7 Å². The summed E-state index contributed by atoms with van der Waals surface area (Å²) >= 11 is 0. The zero-order valence-corrected chi connectivity index (χ0v) is 16.4. The number of amides is 1. The standard InChI is InChI=1S/C22H24FNO4/c1-14-5-8-18(11-15(14)2)16(3)24-21(25)13-28-22(26)10-7-17-6-9-20(27-4)19(23)12-17/h5-12,16H,13H2,1-4H3,(H,24,25)/b10-7+/t16-/m0/s1. The second kappa shape index (κ2) is 9.69.